The molecule has 1 fully saturated rings. The van der Waals surface area contributed by atoms with Crippen molar-refractivity contribution in [3.05, 3.63) is 128 Å². The van der Waals surface area contributed by atoms with Gasteiger partial charge in [-0.2, -0.15) is 0 Å². The summed E-state index contributed by atoms with van der Waals surface area (Å²) < 4.78 is 29.3. The van der Waals surface area contributed by atoms with Crippen molar-refractivity contribution in [3.8, 4) is 0 Å². The lowest BCUT2D eigenvalue weighted by Gasteiger charge is -2.34. The predicted octanol–water partition coefficient (Wildman–Crippen LogP) is 8.19. The number of benzene rings is 4. The van der Waals surface area contributed by atoms with E-state index in [4.69, 9.17) is 46.4 Å². The van der Waals surface area contributed by atoms with Gasteiger partial charge in [-0.1, -0.05) is 120 Å². The van der Waals surface area contributed by atoms with Crippen LogP contribution < -0.4 is 9.62 Å². The van der Waals surface area contributed by atoms with E-state index in [2.05, 4.69) is 5.32 Å². The van der Waals surface area contributed by atoms with Crippen LogP contribution in [0.4, 0.5) is 5.69 Å². The Hall–Kier alpha value is -3.27. The molecule has 4 aromatic carbocycles. The van der Waals surface area contributed by atoms with Crippen LogP contribution in [0.2, 0.25) is 20.1 Å². The summed E-state index contributed by atoms with van der Waals surface area (Å²) in [5.41, 5.74) is 1.39. The monoisotopic (exact) mass is 731 g/mol. The summed E-state index contributed by atoms with van der Waals surface area (Å²) in [5.74, 6) is -0.980. The molecule has 0 aliphatic heterocycles. The minimum atomic E-state index is -4.33. The van der Waals surface area contributed by atoms with Gasteiger partial charge in [-0.05, 0) is 60.4 Å². The van der Waals surface area contributed by atoms with Crippen LogP contribution in [0.25, 0.3) is 0 Å². The Bertz CT molecular complexity index is 1820. The number of carbonyl (C=O) groups excluding carboxylic acids is 2. The van der Waals surface area contributed by atoms with Gasteiger partial charge in [0.2, 0.25) is 11.8 Å². The number of hydrogen-bond acceptors (Lipinski definition) is 4. The van der Waals surface area contributed by atoms with Crippen molar-refractivity contribution < 1.29 is 18.0 Å². The normalized spacial score (nSPS) is 14.0. The Balaban J connectivity index is 1.60. The maximum Gasteiger partial charge on any atom is 0.264 e. The van der Waals surface area contributed by atoms with Gasteiger partial charge in [0, 0.05) is 29.1 Å². The molecule has 0 heterocycles. The Morgan fingerprint density at radius 3 is 2.13 bits per heavy atom. The largest absolute Gasteiger partial charge is 0.352 e. The zero-order valence-corrected chi connectivity index (χ0v) is 29.1. The van der Waals surface area contributed by atoms with E-state index in [9.17, 15) is 18.0 Å². The summed E-state index contributed by atoms with van der Waals surface area (Å²) in [6.07, 6.45) is 3.88. The van der Waals surface area contributed by atoms with Gasteiger partial charge in [-0.3, -0.25) is 13.9 Å². The lowest BCUT2D eigenvalue weighted by molar-refractivity contribution is -0.140. The van der Waals surface area contributed by atoms with Gasteiger partial charge < -0.3 is 10.2 Å². The number of nitrogens with one attached hydrogen (secondary N) is 1. The van der Waals surface area contributed by atoms with Crippen molar-refractivity contribution in [2.75, 3.05) is 10.8 Å². The third-order valence-corrected chi connectivity index (χ3v) is 11.3. The molecule has 0 aromatic heterocycles. The first-order chi connectivity index (χ1) is 22.5. The number of anilines is 1. The maximum absolute atomic E-state index is 14.7. The van der Waals surface area contributed by atoms with Crippen molar-refractivity contribution >= 4 is 73.9 Å². The molecule has 47 heavy (non-hydrogen) atoms. The van der Waals surface area contributed by atoms with Gasteiger partial charge in [0.05, 0.1) is 20.6 Å². The standard InChI is InChI=1S/C35H33Cl4N3O4S/c36-26-19-18-25(30(38)21-26)22-41(32(20-24-10-3-1-4-11-24)35(44)40-27-12-7-8-13-27)33(43)23-42(31-17-9-16-29(37)34(31)39)47(45,46)28-14-5-2-6-15-28/h1-6,9-11,14-19,21,27,32H,7-8,12-13,20,22-23H2,(H,40,44)/t32-/m0/s1. The molecule has 12 heteroatoms. The minimum absolute atomic E-state index is 0.0166. The smallest absolute Gasteiger partial charge is 0.264 e. The molecular weight excluding hydrogens is 700 g/mol. The number of hydrogen-bond donors (Lipinski definition) is 1. The average molecular weight is 734 g/mol. The molecule has 0 radical (unpaired) electrons. The van der Waals surface area contributed by atoms with E-state index in [0.29, 0.717) is 15.6 Å². The Labute approximate surface area is 295 Å². The van der Waals surface area contributed by atoms with Gasteiger partial charge in [-0.15, -0.1) is 0 Å². The molecule has 2 amide bonds. The summed E-state index contributed by atoms with van der Waals surface area (Å²) >= 11 is 25.7. The van der Waals surface area contributed by atoms with E-state index in [1.165, 1.54) is 29.2 Å². The second kappa shape index (κ2) is 15.8. The predicted molar refractivity (Wildman–Crippen MR) is 189 cm³/mol. The third-order valence-electron chi connectivity index (χ3n) is 8.14. The molecule has 0 spiro atoms. The van der Waals surface area contributed by atoms with E-state index in [-0.39, 0.29) is 45.5 Å². The SMILES string of the molecule is O=C(NC1CCCC1)[C@H](Cc1ccccc1)N(Cc1ccc(Cl)cc1Cl)C(=O)CN(c1cccc(Cl)c1Cl)S(=O)(=O)c1ccccc1. The van der Waals surface area contributed by atoms with Crippen LogP contribution in [0, 0.1) is 0 Å². The highest BCUT2D eigenvalue weighted by Crippen LogP contribution is 2.36. The van der Waals surface area contributed by atoms with Crippen molar-refractivity contribution in [3.63, 3.8) is 0 Å². The summed E-state index contributed by atoms with van der Waals surface area (Å²) in [4.78, 5) is 30.1. The van der Waals surface area contributed by atoms with Gasteiger partial charge in [0.1, 0.15) is 12.6 Å². The minimum Gasteiger partial charge on any atom is -0.352 e. The first kappa shape index (κ1) is 35.0. The number of nitrogens with zero attached hydrogens (tertiary/aromatic N) is 2. The van der Waals surface area contributed by atoms with Crippen LogP contribution in [-0.2, 0) is 32.6 Å². The van der Waals surface area contributed by atoms with E-state index in [0.717, 1.165) is 35.6 Å². The Kier molecular flexibility index (Phi) is 11.7. The van der Waals surface area contributed by atoms with E-state index >= 15 is 0 Å². The molecule has 0 saturated heterocycles. The molecule has 246 valence electrons. The van der Waals surface area contributed by atoms with Gasteiger partial charge in [-0.25, -0.2) is 8.42 Å². The Morgan fingerprint density at radius 2 is 1.47 bits per heavy atom. The van der Waals surface area contributed by atoms with E-state index in [1.807, 2.05) is 30.3 Å². The number of rotatable bonds is 12. The average Bonchev–Trinajstić information content (AvgIpc) is 3.57. The zero-order valence-electron chi connectivity index (χ0n) is 25.3. The second-order valence-electron chi connectivity index (χ2n) is 11.4. The van der Waals surface area contributed by atoms with Crippen molar-refractivity contribution in [2.24, 2.45) is 0 Å². The van der Waals surface area contributed by atoms with Crippen molar-refractivity contribution in [1.82, 2.24) is 10.2 Å². The highest BCUT2D eigenvalue weighted by atomic mass is 35.5. The number of amides is 2. The van der Waals surface area contributed by atoms with Crippen LogP contribution in [0.15, 0.2) is 102 Å². The van der Waals surface area contributed by atoms with E-state index in [1.54, 1.807) is 42.5 Å². The quantitative estimate of drug-likeness (QED) is 0.159. The molecule has 0 bridgehead atoms. The number of carbonyl (C=O) groups is 2. The summed E-state index contributed by atoms with van der Waals surface area (Å²) in [6.45, 7) is -0.766. The van der Waals surface area contributed by atoms with Gasteiger partial charge >= 0.3 is 0 Å². The summed E-state index contributed by atoms with van der Waals surface area (Å²) in [6, 6.07) is 25.5. The van der Waals surface area contributed by atoms with Gasteiger partial charge in [0.15, 0.2) is 0 Å². The van der Waals surface area contributed by atoms with Crippen LogP contribution in [0.3, 0.4) is 0 Å². The molecular formula is C35H33Cl4N3O4S. The third kappa shape index (κ3) is 8.61. The number of sulfonamides is 1. The molecule has 1 saturated carbocycles. The van der Waals surface area contributed by atoms with Crippen molar-refractivity contribution in [2.45, 2.75) is 55.6 Å². The van der Waals surface area contributed by atoms with Crippen LogP contribution in [0.1, 0.15) is 36.8 Å². The Morgan fingerprint density at radius 1 is 0.809 bits per heavy atom. The molecule has 0 unspecified atom stereocenters. The lowest BCUT2D eigenvalue weighted by atomic mass is 10.0. The fraction of sp³-hybridized carbons (Fsp3) is 0.257. The maximum atomic E-state index is 14.7. The molecule has 1 N–H and O–H groups in total. The first-order valence-corrected chi connectivity index (χ1v) is 18.1. The molecule has 5 rings (SSSR count). The van der Waals surface area contributed by atoms with Crippen LogP contribution in [-0.4, -0.2) is 43.8 Å². The van der Waals surface area contributed by atoms with Crippen molar-refractivity contribution in [1.29, 1.82) is 0 Å². The van der Waals surface area contributed by atoms with E-state index < -0.39 is 28.5 Å². The summed E-state index contributed by atoms with van der Waals surface area (Å²) in [7, 11) is -4.33. The summed E-state index contributed by atoms with van der Waals surface area (Å²) in [5, 5.41) is 3.94. The highest BCUT2D eigenvalue weighted by molar-refractivity contribution is 7.92. The van der Waals surface area contributed by atoms with Gasteiger partial charge in [0.25, 0.3) is 10.0 Å². The molecule has 4 aromatic rings. The zero-order chi connectivity index (χ0) is 33.6. The molecule has 1 aliphatic carbocycles. The van der Waals surface area contributed by atoms with Crippen LogP contribution in [0.5, 0.6) is 0 Å². The molecule has 1 aliphatic rings. The lowest BCUT2D eigenvalue weighted by Crippen LogP contribution is -2.54. The highest BCUT2D eigenvalue weighted by Gasteiger charge is 2.36. The van der Waals surface area contributed by atoms with Crippen LogP contribution >= 0.6 is 46.4 Å². The number of halogens is 4. The molecule has 7 nitrogen and oxygen atoms in total. The fourth-order valence-electron chi connectivity index (χ4n) is 5.67. The second-order valence-corrected chi connectivity index (χ2v) is 14.8. The topological polar surface area (TPSA) is 86.8 Å². The molecule has 1 atom stereocenters. The fourth-order valence-corrected chi connectivity index (χ4v) is 8.04. The first-order valence-electron chi connectivity index (χ1n) is 15.1.